The minimum absolute atomic E-state index is 0.243. The lowest BCUT2D eigenvalue weighted by Crippen LogP contribution is -2.04. The summed E-state index contributed by atoms with van der Waals surface area (Å²) in [5.74, 6) is 0.197. The highest BCUT2D eigenvalue weighted by molar-refractivity contribution is 5.88. The largest absolute Gasteiger partial charge is 0.478 e. The monoisotopic (exact) mass is 348 g/mol. The smallest absolute Gasteiger partial charge is 0.335 e. The van der Waals surface area contributed by atoms with E-state index in [1.807, 2.05) is 31.2 Å². The Balaban J connectivity index is 1.82. The molecule has 0 saturated heterocycles. The number of aryl methyl sites for hydroxylation is 2. The van der Waals surface area contributed by atoms with Crippen molar-refractivity contribution in [3.05, 3.63) is 71.4 Å². The maximum Gasteiger partial charge on any atom is 0.335 e. The Labute approximate surface area is 152 Å². The number of rotatable bonds is 6. The number of anilines is 4. The minimum atomic E-state index is -0.949. The summed E-state index contributed by atoms with van der Waals surface area (Å²) >= 11 is 0. The number of para-hydroxylation sites is 1. The quantitative estimate of drug-likeness (QED) is 0.606. The molecule has 1 aromatic heterocycles. The fourth-order valence-electron chi connectivity index (χ4n) is 2.60. The summed E-state index contributed by atoms with van der Waals surface area (Å²) < 4.78 is 0. The Morgan fingerprint density at radius 2 is 1.77 bits per heavy atom. The Hall–Kier alpha value is -3.41. The van der Waals surface area contributed by atoms with Crippen LogP contribution in [0.15, 0.2) is 54.6 Å². The van der Waals surface area contributed by atoms with Crippen LogP contribution in [0.3, 0.4) is 0 Å². The Morgan fingerprint density at radius 3 is 2.46 bits per heavy atom. The van der Waals surface area contributed by atoms with Gasteiger partial charge < -0.3 is 15.7 Å². The molecule has 0 atom stereocenters. The van der Waals surface area contributed by atoms with Crippen molar-refractivity contribution in [1.29, 1.82) is 0 Å². The molecule has 0 fully saturated rings. The first-order valence-corrected chi connectivity index (χ1v) is 8.36. The number of aromatic carboxylic acids is 1. The van der Waals surface area contributed by atoms with Gasteiger partial charge in [0.15, 0.2) is 0 Å². The molecule has 2 aromatic carbocycles. The lowest BCUT2D eigenvalue weighted by atomic mass is 10.1. The molecule has 132 valence electrons. The fourth-order valence-corrected chi connectivity index (χ4v) is 2.60. The highest BCUT2D eigenvalue weighted by Gasteiger charge is 2.07. The van der Waals surface area contributed by atoms with E-state index in [-0.39, 0.29) is 5.56 Å². The third-order valence-electron chi connectivity index (χ3n) is 3.90. The molecule has 0 spiro atoms. The van der Waals surface area contributed by atoms with Gasteiger partial charge in [0.1, 0.15) is 5.82 Å². The molecule has 0 aliphatic rings. The predicted octanol–water partition coefficient (Wildman–Crippen LogP) is 4.53. The van der Waals surface area contributed by atoms with Gasteiger partial charge in [-0.15, -0.1) is 0 Å². The second kappa shape index (κ2) is 7.65. The SMILES string of the molecule is CCc1ccccc1Nc1nc(C)cc(Nc2ccc(C(=O)O)cc2)n1. The first-order chi connectivity index (χ1) is 12.5. The van der Waals surface area contributed by atoms with Crippen LogP contribution in [0.2, 0.25) is 0 Å². The Morgan fingerprint density at radius 1 is 1.04 bits per heavy atom. The topological polar surface area (TPSA) is 87.1 Å². The van der Waals surface area contributed by atoms with Crippen molar-refractivity contribution >= 4 is 29.1 Å². The van der Waals surface area contributed by atoms with Gasteiger partial charge in [-0.1, -0.05) is 25.1 Å². The summed E-state index contributed by atoms with van der Waals surface area (Å²) in [5.41, 5.74) is 4.00. The zero-order chi connectivity index (χ0) is 18.5. The van der Waals surface area contributed by atoms with Crippen molar-refractivity contribution in [3.8, 4) is 0 Å². The van der Waals surface area contributed by atoms with Gasteiger partial charge >= 0.3 is 5.97 Å². The Kier molecular flexibility index (Phi) is 5.12. The number of carboxylic acids is 1. The normalized spacial score (nSPS) is 10.4. The third kappa shape index (κ3) is 4.16. The molecule has 26 heavy (non-hydrogen) atoms. The van der Waals surface area contributed by atoms with Crippen LogP contribution in [-0.4, -0.2) is 21.0 Å². The van der Waals surface area contributed by atoms with E-state index < -0.39 is 5.97 Å². The zero-order valence-electron chi connectivity index (χ0n) is 14.7. The van der Waals surface area contributed by atoms with Crippen LogP contribution < -0.4 is 10.6 Å². The maximum atomic E-state index is 10.9. The van der Waals surface area contributed by atoms with Crippen LogP contribution in [0.25, 0.3) is 0 Å². The molecule has 1 heterocycles. The highest BCUT2D eigenvalue weighted by Crippen LogP contribution is 2.22. The van der Waals surface area contributed by atoms with Gasteiger partial charge in [0, 0.05) is 23.1 Å². The summed E-state index contributed by atoms with van der Waals surface area (Å²) in [4.78, 5) is 19.9. The summed E-state index contributed by atoms with van der Waals surface area (Å²) in [7, 11) is 0. The lowest BCUT2D eigenvalue weighted by molar-refractivity contribution is 0.0697. The second-order valence-corrected chi connectivity index (χ2v) is 5.86. The minimum Gasteiger partial charge on any atom is -0.478 e. The van der Waals surface area contributed by atoms with Crippen LogP contribution in [-0.2, 0) is 6.42 Å². The molecule has 0 unspecified atom stereocenters. The average Bonchev–Trinajstić information content (AvgIpc) is 2.62. The molecular formula is C20H20N4O2. The average molecular weight is 348 g/mol. The van der Waals surface area contributed by atoms with Crippen LogP contribution in [0.5, 0.6) is 0 Å². The van der Waals surface area contributed by atoms with E-state index in [0.29, 0.717) is 11.8 Å². The Bertz CT molecular complexity index is 923. The van der Waals surface area contributed by atoms with E-state index in [2.05, 4.69) is 33.6 Å². The second-order valence-electron chi connectivity index (χ2n) is 5.86. The predicted molar refractivity (Wildman–Crippen MR) is 103 cm³/mol. The molecular weight excluding hydrogens is 328 g/mol. The van der Waals surface area contributed by atoms with Crippen molar-refractivity contribution in [2.75, 3.05) is 10.6 Å². The molecule has 0 aliphatic carbocycles. The van der Waals surface area contributed by atoms with Crippen LogP contribution in [0.4, 0.5) is 23.1 Å². The number of carbonyl (C=O) groups is 1. The first kappa shape index (κ1) is 17.4. The van der Waals surface area contributed by atoms with E-state index in [0.717, 1.165) is 23.5 Å². The molecule has 0 aliphatic heterocycles. The van der Waals surface area contributed by atoms with Crippen LogP contribution >= 0.6 is 0 Å². The summed E-state index contributed by atoms with van der Waals surface area (Å²) in [6.45, 7) is 4.00. The van der Waals surface area contributed by atoms with Crippen LogP contribution in [0.1, 0.15) is 28.5 Å². The van der Waals surface area contributed by atoms with Crippen molar-refractivity contribution in [2.45, 2.75) is 20.3 Å². The van der Waals surface area contributed by atoms with E-state index >= 15 is 0 Å². The van der Waals surface area contributed by atoms with E-state index in [4.69, 9.17) is 5.11 Å². The highest BCUT2D eigenvalue weighted by atomic mass is 16.4. The van der Waals surface area contributed by atoms with Crippen molar-refractivity contribution in [2.24, 2.45) is 0 Å². The molecule has 6 nitrogen and oxygen atoms in total. The van der Waals surface area contributed by atoms with Crippen molar-refractivity contribution in [1.82, 2.24) is 9.97 Å². The summed E-state index contributed by atoms with van der Waals surface area (Å²) in [5, 5.41) is 15.4. The van der Waals surface area contributed by atoms with Gasteiger partial charge in [-0.05, 0) is 49.2 Å². The number of hydrogen-bond acceptors (Lipinski definition) is 5. The van der Waals surface area contributed by atoms with Crippen molar-refractivity contribution < 1.29 is 9.90 Å². The summed E-state index contributed by atoms with van der Waals surface area (Å²) in [6.07, 6.45) is 0.913. The lowest BCUT2D eigenvalue weighted by Gasteiger charge is -2.12. The van der Waals surface area contributed by atoms with Crippen molar-refractivity contribution in [3.63, 3.8) is 0 Å². The molecule has 3 rings (SSSR count). The standard InChI is InChI=1S/C20H20N4O2/c1-3-14-6-4-5-7-17(14)23-20-21-13(2)12-18(24-20)22-16-10-8-15(9-11-16)19(25)26/h4-12H,3H2,1-2H3,(H,25,26)(H2,21,22,23,24). The van der Waals surface area contributed by atoms with Crippen LogP contribution in [0, 0.1) is 6.92 Å². The number of nitrogens with zero attached hydrogens (tertiary/aromatic N) is 2. The molecule has 6 heteroatoms. The number of hydrogen-bond donors (Lipinski definition) is 3. The molecule has 0 radical (unpaired) electrons. The molecule has 0 bridgehead atoms. The molecule has 0 saturated carbocycles. The van der Waals surface area contributed by atoms with Gasteiger partial charge in [0.2, 0.25) is 5.95 Å². The number of benzene rings is 2. The van der Waals surface area contributed by atoms with Gasteiger partial charge in [-0.3, -0.25) is 0 Å². The number of nitrogens with one attached hydrogen (secondary N) is 2. The van der Waals surface area contributed by atoms with E-state index in [1.54, 1.807) is 24.3 Å². The third-order valence-corrected chi connectivity index (χ3v) is 3.90. The molecule has 3 N–H and O–H groups in total. The first-order valence-electron chi connectivity index (χ1n) is 8.36. The van der Waals surface area contributed by atoms with Gasteiger partial charge in [-0.25, -0.2) is 9.78 Å². The fraction of sp³-hybridized carbons (Fsp3) is 0.150. The van der Waals surface area contributed by atoms with Gasteiger partial charge in [-0.2, -0.15) is 4.98 Å². The van der Waals surface area contributed by atoms with Gasteiger partial charge in [0.25, 0.3) is 0 Å². The molecule has 3 aromatic rings. The number of carboxylic acid groups (broad SMARTS) is 1. The van der Waals surface area contributed by atoms with E-state index in [1.165, 1.54) is 5.56 Å². The van der Waals surface area contributed by atoms with Gasteiger partial charge in [0.05, 0.1) is 5.56 Å². The van der Waals surface area contributed by atoms with E-state index in [9.17, 15) is 4.79 Å². The maximum absolute atomic E-state index is 10.9. The number of aromatic nitrogens is 2. The summed E-state index contributed by atoms with van der Waals surface area (Å²) in [6, 6.07) is 16.4. The molecule has 0 amide bonds. The zero-order valence-corrected chi connectivity index (χ0v) is 14.7.